The largest absolute Gasteiger partial charge is 0.497 e. The van der Waals surface area contributed by atoms with E-state index in [2.05, 4.69) is 31.4 Å². The Morgan fingerprint density at radius 1 is 1.12 bits per heavy atom. The summed E-state index contributed by atoms with van der Waals surface area (Å²) < 4.78 is 19.5. The van der Waals surface area contributed by atoms with E-state index < -0.39 is 0 Å². The highest BCUT2D eigenvalue weighted by atomic mass is 79.9. The van der Waals surface area contributed by atoms with E-state index in [1.807, 2.05) is 42.7 Å². The number of amides is 1. The molecule has 0 aliphatic carbocycles. The molecule has 0 saturated heterocycles. The molecule has 0 aliphatic rings. The van der Waals surface area contributed by atoms with Gasteiger partial charge in [0.05, 0.1) is 25.7 Å². The number of hydrogen-bond donors (Lipinski definition) is 1. The molecule has 1 heterocycles. The van der Waals surface area contributed by atoms with Gasteiger partial charge >= 0.3 is 0 Å². The first-order valence-corrected chi connectivity index (χ1v) is 11.7. The van der Waals surface area contributed by atoms with E-state index >= 15 is 0 Å². The lowest BCUT2D eigenvalue weighted by molar-refractivity contribution is -0.113. The molecule has 0 bridgehead atoms. The summed E-state index contributed by atoms with van der Waals surface area (Å²) in [4.78, 5) is 12.5. The lowest BCUT2D eigenvalue weighted by Gasteiger charge is -2.15. The molecule has 0 aliphatic heterocycles. The lowest BCUT2D eigenvalue weighted by atomic mass is 10.2. The molecular formula is C22H25BrN4O4S. The summed E-state index contributed by atoms with van der Waals surface area (Å²) in [5.41, 5.74) is 0.577. The van der Waals surface area contributed by atoms with Crippen LogP contribution >= 0.6 is 27.7 Å². The van der Waals surface area contributed by atoms with Gasteiger partial charge in [-0.3, -0.25) is 4.79 Å². The van der Waals surface area contributed by atoms with Crippen LogP contribution in [-0.2, 0) is 11.3 Å². The molecule has 1 atom stereocenters. The van der Waals surface area contributed by atoms with Crippen molar-refractivity contribution in [3.8, 4) is 17.2 Å². The molecule has 8 nitrogen and oxygen atoms in total. The van der Waals surface area contributed by atoms with Crippen molar-refractivity contribution in [3.05, 3.63) is 52.8 Å². The highest BCUT2D eigenvalue weighted by Crippen LogP contribution is 2.30. The topological polar surface area (TPSA) is 87.5 Å². The number of methoxy groups -OCH3 is 2. The Morgan fingerprint density at radius 2 is 1.84 bits per heavy atom. The van der Waals surface area contributed by atoms with Crippen LogP contribution in [0.1, 0.15) is 25.8 Å². The molecule has 3 aromatic rings. The third-order valence-corrected chi connectivity index (χ3v) is 6.06. The van der Waals surface area contributed by atoms with Gasteiger partial charge in [0.2, 0.25) is 5.91 Å². The van der Waals surface area contributed by atoms with Crippen molar-refractivity contribution in [1.29, 1.82) is 0 Å². The van der Waals surface area contributed by atoms with Gasteiger partial charge in [0.25, 0.3) is 0 Å². The number of nitrogens with zero attached hydrogens (tertiary/aromatic N) is 3. The molecule has 2 aromatic carbocycles. The van der Waals surface area contributed by atoms with Crippen LogP contribution < -0.4 is 19.5 Å². The van der Waals surface area contributed by atoms with Gasteiger partial charge in [0.1, 0.15) is 17.2 Å². The maximum absolute atomic E-state index is 12.5. The normalized spacial score (nSPS) is 11.7. The average molecular weight is 521 g/mol. The number of carbonyl (C=O) groups is 1. The van der Waals surface area contributed by atoms with Crippen LogP contribution in [0.2, 0.25) is 0 Å². The summed E-state index contributed by atoms with van der Waals surface area (Å²) in [5, 5.41) is 12.1. The number of ether oxygens (including phenoxy) is 3. The minimum Gasteiger partial charge on any atom is -0.497 e. The molecule has 0 radical (unpaired) electrons. The molecule has 3 rings (SSSR count). The van der Waals surface area contributed by atoms with E-state index in [0.717, 1.165) is 10.2 Å². The van der Waals surface area contributed by atoms with Crippen molar-refractivity contribution < 1.29 is 19.0 Å². The standard InChI is InChI=1S/C22H25BrN4O4S/c1-5-27-21(14(2)31-16-8-6-15(23)7-9-16)25-26-22(27)32-13-20(28)24-18-11-10-17(29-3)12-19(18)30-4/h6-12,14H,5,13H2,1-4H3,(H,24,28). The average Bonchev–Trinajstić information content (AvgIpc) is 3.22. The molecular weight excluding hydrogens is 496 g/mol. The Labute approximate surface area is 199 Å². The van der Waals surface area contributed by atoms with Crippen LogP contribution in [0.4, 0.5) is 5.69 Å². The number of thioether (sulfide) groups is 1. The van der Waals surface area contributed by atoms with Gasteiger partial charge in [0, 0.05) is 17.1 Å². The van der Waals surface area contributed by atoms with Gasteiger partial charge < -0.3 is 24.1 Å². The van der Waals surface area contributed by atoms with E-state index in [9.17, 15) is 4.79 Å². The molecule has 1 unspecified atom stereocenters. The first-order chi connectivity index (χ1) is 15.4. The SMILES string of the molecule is CCn1c(SCC(=O)Nc2ccc(OC)cc2OC)nnc1C(C)Oc1ccc(Br)cc1. The van der Waals surface area contributed by atoms with Crippen molar-refractivity contribution >= 4 is 39.3 Å². The summed E-state index contributed by atoms with van der Waals surface area (Å²) in [6.45, 7) is 4.59. The summed E-state index contributed by atoms with van der Waals surface area (Å²) >= 11 is 4.73. The third-order valence-electron chi connectivity index (χ3n) is 4.57. The van der Waals surface area contributed by atoms with Crippen molar-refractivity contribution in [3.63, 3.8) is 0 Å². The van der Waals surface area contributed by atoms with Crippen molar-refractivity contribution in [1.82, 2.24) is 14.8 Å². The fourth-order valence-electron chi connectivity index (χ4n) is 2.99. The minimum atomic E-state index is -0.296. The van der Waals surface area contributed by atoms with Crippen LogP contribution in [-0.4, -0.2) is 40.6 Å². The lowest BCUT2D eigenvalue weighted by Crippen LogP contribution is -2.16. The molecule has 1 aromatic heterocycles. The van der Waals surface area contributed by atoms with Gasteiger partial charge in [-0.2, -0.15) is 0 Å². The number of aromatic nitrogens is 3. The second-order valence-corrected chi connectivity index (χ2v) is 8.56. The number of hydrogen-bond acceptors (Lipinski definition) is 7. The Balaban J connectivity index is 1.63. The molecule has 0 saturated carbocycles. The van der Waals surface area contributed by atoms with E-state index in [-0.39, 0.29) is 17.8 Å². The number of anilines is 1. The van der Waals surface area contributed by atoms with Crippen LogP contribution in [0.15, 0.2) is 52.1 Å². The monoisotopic (exact) mass is 520 g/mol. The fourth-order valence-corrected chi connectivity index (χ4v) is 4.07. The molecule has 10 heteroatoms. The van der Waals surface area contributed by atoms with Gasteiger partial charge in [-0.25, -0.2) is 0 Å². The van der Waals surface area contributed by atoms with E-state index in [4.69, 9.17) is 14.2 Å². The number of rotatable bonds is 10. The van der Waals surface area contributed by atoms with Crippen LogP contribution in [0.5, 0.6) is 17.2 Å². The zero-order valence-electron chi connectivity index (χ0n) is 18.3. The van der Waals surface area contributed by atoms with Crippen LogP contribution in [0.3, 0.4) is 0 Å². The van der Waals surface area contributed by atoms with Gasteiger partial charge in [-0.1, -0.05) is 27.7 Å². The third kappa shape index (κ3) is 5.95. The molecule has 32 heavy (non-hydrogen) atoms. The summed E-state index contributed by atoms with van der Waals surface area (Å²) in [6, 6.07) is 12.8. The second-order valence-electron chi connectivity index (χ2n) is 6.70. The van der Waals surface area contributed by atoms with Crippen molar-refractivity contribution in [2.24, 2.45) is 0 Å². The number of benzene rings is 2. The van der Waals surface area contributed by atoms with E-state index in [0.29, 0.717) is 34.7 Å². The summed E-state index contributed by atoms with van der Waals surface area (Å²) in [5.74, 6) is 2.63. The van der Waals surface area contributed by atoms with Crippen LogP contribution in [0, 0.1) is 0 Å². The molecule has 1 N–H and O–H groups in total. The molecule has 0 fully saturated rings. The zero-order valence-corrected chi connectivity index (χ0v) is 20.7. The summed E-state index contributed by atoms with van der Waals surface area (Å²) in [6.07, 6.45) is -0.296. The van der Waals surface area contributed by atoms with Crippen molar-refractivity contribution in [2.45, 2.75) is 31.7 Å². The van der Waals surface area contributed by atoms with E-state index in [1.165, 1.54) is 11.8 Å². The number of nitrogens with one attached hydrogen (secondary N) is 1. The number of carbonyl (C=O) groups excluding carboxylic acids is 1. The molecule has 1 amide bonds. The van der Waals surface area contributed by atoms with Gasteiger partial charge in [-0.05, 0) is 50.2 Å². The summed E-state index contributed by atoms with van der Waals surface area (Å²) in [7, 11) is 3.12. The maximum atomic E-state index is 12.5. The zero-order chi connectivity index (χ0) is 23.1. The highest BCUT2D eigenvalue weighted by molar-refractivity contribution is 9.10. The maximum Gasteiger partial charge on any atom is 0.234 e. The smallest absolute Gasteiger partial charge is 0.234 e. The number of halogens is 1. The van der Waals surface area contributed by atoms with E-state index in [1.54, 1.807) is 32.4 Å². The Morgan fingerprint density at radius 3 is 2.50 bits per heavy atom. The second kappa shape index (κ2) is 11.2. The van der Waals surface area contributed by atoms with Gasteiger partial charge in [-0.15, -0.1) is 10.2 Å². The predicted molar refractivity (Wildman–Crippen MR) is 128 cm³/mol. The first kappa shape index (κ1) is 23.9. The minimum absolute atomic E-state index is 0.176. The fraction of sp³-hybridized carbons (Fsp3) is 0.318. The van der Waals surface area contributed by atoms with Crippen molar-refractivity contribution in [2.75, 3.05) is 25.3 Å². The molecule has 0 spiro atoms. The Hall–Kier alpha value is -2.72. The predicted octanol–water partition coefficient (Wildman–Crippen LogP) is 4.95. The first-order valence-electron chi connectivity index (χ1n) is 9.95. The van der Waals surface area contributed by atoms with Gasteiger partial charge in [0.15, 0.2) is 17.1 Å². The Bertz CT molecular complexity index is 1060. The molecule has 170 valence electrons. The van der Waals surface area contributed by atoms with Crippen LogP contribution in [0.25, 0.3) is 0 Å². The quantitative estimate of drug-likeness (QED) is 0.378. The highest BCUT2D eigenvalue weighted by Gasteiger charge is 2.20. The Kier molecular flexibility index (Phi) is 8.40.